The first-order valence-corrected chi connectivity index (χ1v) is 7.20. The van der Waals surface area contributed by atoms with E-state index < -0.39 is 0 Å². The van der Waals surface area contributed by atoms with Crippen molar-refractivity contribution in [3.05, 3.63) is 42.0 Å². The van der Waals surface area contributed by atoms with Gasteiger partial charge in [-0.3, -0.25) is 4.79 Å². The molecule has 5 nitrogen and oxygen atoms in total. The Morgan fingerprint density at radius 1 is 1.27 bits per heavy atom. The van der Waals surface area contributed by atoms with Crippen LogP contribution in [0.5, 0.6) is 5.75 Å². The maximum absolute atomic E-state index is 12.0. The molecule has 0 aliphatic carbocycles. The molecule has 5 heteroatoms. The smallest absolute Gasteiger partial charge is 0.273 e. The number of hydrogen-bond acceptors (Lipinski definition) is 4. The molecule has 0 aliphatic rings. The standard InChI is InChI=1S/C17H20N2O3/c1-4-10-22-13-9-8-12-6-5-7-14(15(12)11-13)16(19-21-3)17(20)18-2/h5-9,11H,4,10H2,1-3H3,(H,18,20). The van der Waals surface area contributed by atoms with Gasteiger partial charge >= 0.3 is 0 Å². The highest BCUT2D eigenvalue weighted by atomic mass is 16.6. The molecule has 2 aromatic rings. The number of nitrogens with zero attached hydrogens (tertiary/aromatic N) is 1. The third-order valence-electron chi connectivity index (χ3n) is 3.21. The van der Waals surface area contributed by atoms with Gasteiger partial charge in [0.25, 0.3) is 5.91 Å². The van der Waals surface area contributed by atoms with Crippen LogP contribution in [0.3, 0.4) is 0 Å². The lowest BCUT2D eigenvalue weighted by molar-refractivity contribution is -0.114. The molecule has 0 saturated heterocycles. The number of amides is 1. The van der Waals surface area contributed by atoms with Gasteiger partial charge in [-0.2, -0.15) is 0 Å². The van der Waals surface area contributed by atoms with E-state index in [4.69, 9.17) is 9.57 Å². The van der Waals surface area contributed by atoms with E-state index in [1.807, 2.05) is 36.4 Å². The van der Waals surface area contributed by atoms with Gasteiger partial charge in [0.05, 0.1) is 6.61 Å². The molecule has 0 spiro atoms. The third-order valence-corrected chi connectivity index (χ3v) is 3.21. The van der Waals surface area contributed by atoms with Crippen LogP contribution in [0.1, 0.15) is 18.9 Å². The van der Waals surface area contributed by atoms with Crippen molar-refractivity contribution in [3.8, 4) is 5.75 Å². The number of benzene rings is 2. The van der Waals surface area contributed by atoms with Crippen molar-refractivity contribution < 1.29 is 14.4 Å². The molecule has 0 unspecified atom stereocenters. The van der Waals surface area contributed by atoms with E-state index in [2.05, 4.69) is 17.4 Å². The second kappa shape index (κ2) is 7.45. The Labute approximate surface area is 129 Å². The Hall–Kier alpha value is -2.56. The van der Waals surface area contributed by atoms with Crippen LogP contribution in [0.4, 0.5) is 0 Å². The van der Waals surface area contributed by atoms with Crippen LogP contribution < -0.4 is 10.1 Å². The zero-order chi connectivity index (χ0) is 15.9. The van der Waals surface area contributed by atoms with E-state index in [9.17, 15) is 4.79 Å². The van der Waals surface area contributed by atoms with Crippen LogP contribution in [-0.4, -0.2) is 32.4 Å². The van der Waals surface area contributed by atoms with Gasteiger partial charge < -0.3 is 14.9 Å². The van der Waals surface area contributed by atoms with Crippen LogP contribution in [0.2, 0.25) is 0 Å². The van der Waals surface area contributed by atoms with Gasteiger partial charge in [0, 0.05) is 12.6 Å². The van der Waals surface area contributed by atoms with Gasteiger partial charge in [-0.1, -0.05) is 36.3 Å². The maximum atomic E-state index is 12.0. The van der Waals surface area contributed by atoms with Gasteiger partial charge in [-0.05, 0) is 29.3 Å². The molecule has 0 atom stereocenters. The van der Waals surface area contributed by atoms with E-state index in [1.54, 1.807) is 7.05 Å². The number of fused-ring (bicyclic) bond motifs is 1. The largest absolute Gasteiger partial charge is 0.494 e. The maximum Gasteiger partial charge on any atom is 0.273 e. The number of hydrogen-bond donors (Lipinski definition) is 1. The lowest BCUT2D eigenvalue weighted by Gasteiger charge is -2.10. The molecule has 2 aromatic carbocycles. The van der Waals surface area contributed by atoms with Crippen LogP contribution in [-0.2, 0) is 9.63 Å². The first-order chi connectivity index (χ1) is 10.7. The van der Waals surface area contributed by atoms with E-state index in [0.29, 0.717) is 12.2 Å². The molecule has 1 amide bonds. The second-order valence-corrected chi connectivity index (χ2v) is 4.74. The van der Waals surface area contributed by atoms with E-state index >= 15 is 0 Å². The highest BCUT2D eigenvalue weighted by Gasteiger charge is 2.16. The number of ether oxygens (including phenoxy) is 1. The topological polar surface area (TPSA) is 59.9 Å². The fraction of sp³-hybridized carbons (Fsp3) is 0.294. The summed E-state index contributed by atoms with van der Waals surface area (Å²) in [7, 11) is 2.98. The predicted molar refractivity (Wildman–Crippen MR) is 87.3 cm³/mol. The summed E-state index contributed by atoms with van der Waals surface area (Å²) in [6.45, 7) is 2.71. The SMILES string of the molecule is CCCOc1ccc2cccc(C(=NOC)C(=O)NC)c2c1. The molecule has 0 saturated carbocycles. The van der Waals surface area contributed by atoms with E-state index in [0.717, 1.165) is 22.9 Å². The quantitative estimate of drug-likeness (QED) is 0.659. The first-order valence-electron chi connectivity index (χ1n) is 7.20. The molecule has 0 radical (unpaired) electrons. The zero-order valence-corrected chi connectivity index (χ0v) is 13.1. The van der Waals surface area contributed by atoms with Gasteiger partial charge in [0.1, 0.15) is 12.9 Å². The molecule has 22 heavy (non-hydrogen) atoms. The van der Waals surface area contributed by atoms with Crippen molar-refractivity contribution in [2.24, 2.45) is 5.16 Å². The molecule has 0 aromatic heterocycles. The van der Waals surface area contributed by atoms with Crippen LogP contribution in [0.15, 0.2) is 41.6 Å². The minimum absolute atomic E-state index is 0.239. The van der Waals surface area contributed by atoms with Crippen molar-refractivity contribution >= 4 is 22.4 Å². The van der Waals surface area contributed by atoms with E-state index in [-0.39, 0.29) is 11.6 Å². The molecule has 2 rings (SSSR count). The lowest BCUT2D eigenvalue weighted by atomic mass is 10.00. The summed E-state index contributed by atoms with van der Waals surface area (Å²) < 4.78 is 5.67. The van der Waals surface area contributed by atoms with Crippen LogP contribution in [0, 0.1) is 0 Å². The Morgan fingerprint density at radius 3 is 2.77 bits per heavy atom. The molecular weight excluding hydrogens is 280 g/mol. The monoisotopic (exact) mass is 300 g/mol. The second-order valence-electron chi connectivity index (χ2n) is 4.74. The average Bonchev–Trinajstić information content (AvgIpc) is 2.56. The minimum atomic E-state index is -0.297. The van der Waals surface area contributed by atoms with Crippen molar-refractivity contribution in [2.75, 3.05) is 20.8 Å². The highest BCUT2D eigenvalue weighted by Crippen LogP contribution is 2.25. The summed E-state index contributed by atoms with van der Waals surface area (Å²) in [6.07, 6.45) is 0.939. The van der Waals surface area contributed by atoms with Crippen molar-refractivity contribution in [2.45, 2.75) is 13.3 Å². The summed E-state index contributed by atoms with van der Waals surface area (Å²) in [5.74, 6) is 0.477. The Bertz CT molecular complexity index is 695. The van der Waals surface area contributed by atoms with Crippen LogP contribution in [0.25, 0.3) is 10.8 Å². The van der Waals surface area contributed by atoms with Crippen molar-refractivity contribution in [1.82, 2.24) is 5.32 Å². The van der Waals surface area contributed by atoms with Crippen molar-refractivity contribution in [1.29, 1.82) is 0 Å². The lowest BCUT2D eigenvalue weighted by Crippen LogP contribution is -2.28. The number of oxime groups is 1. The highest BCUT2D eigenvalue weighted by molar-refractivity contribution is 6.47. The van der Waals surface area contributed by atoms with Crippen LogP contribution >= 0.6 is 0 Å². The molecule has 116 valence electrons. The van der Waals surface area contributed by atoms with Gasteiger partial charge in [-0.15, -0.1) is 0 Å². The summed E-state index contributed by atoms with van der Waals surface area (Å²) in [4.78, 5) is 16.9. The average molecular weight is 300 g/mol. The van der Waals surface area contributed by atoms with Crippen molar-refractivity contribution in [3.63, 3.8) is 0 Å². The Morgan fingerprint density at radius 2 is 2.09 bits per heavy atom. The Kier molecular flexibility index (Phi) is 5.36. The fourth-order valence-electron chi connectivity index (χ4n) is 2.19. The first kappa shape index (κ1) is 15.8. The number of likely N-dealkylation sites (N-methyl/N-ethyl adjacent to an activating group) is 1. The molecule has 0 fully saturated rings. The van der Waals surface area contributed by atoms with E-state index in [1.165, 1.54) is 7.11 Å². The summed E-state index contributed by atoms with van der Waals surface area (Å²) >= 11 is 0. The van der Waals surface area contributed by atoms with Gasteiger partial charge in [-0.25, -0.2) is 0 Å². The van der Waals surface area contributed by atoms with Gasteiger partial charge in [0.15, 0.2) is 5.71 Å². The minimum Gasteiger partial charge on any atom is -0.494 e. The zero-order valence-electron chi connectivity index (χ0n) is 13.1. The van der Waals surface area contributed by atoms with Gasteiger partial charge in [0.2, 0.25) is 0 Å². The molecule has 0 heterocycles. The Balaban J connectivity index is 2.56. The third kappa shape index (κ3) is 3.36. The molecule has 0 bridgehead atoms. The number of carbonyl (C=O) groups is 1. The number of rotatable bonds is 6. The summed E-state index contributed by atoms with van der Waals surface area (Å²) in [5.41, 5.74) is 0.948. The normalized spacial score (nSPS) is 11.3. The fourth-order valence-corrected chi connectivity index (χ4v) is 2.19. The molecule has 1 N–H and O–H groups in total. The predicted octanol–water partition coefficient (Wildman–Crippen LogP) is 2.73. The molecular formula is C17H20N2O3. The molecule has 0 aliphatic heterocycles. The summed E-state index contributed by atoms with van der Waals surface area (Å²) in [5, 5.41) is 8.36. The summed E-state index contributed by atoms with van der Waals surface area (Å²) in [6, 6.07) is 11.5. The number of carbonyl (C=O) groups excluding carboxylic acids is 1. The number of nitrogens with one attached hydrogen (secondary N) is 1.